The molecule has 1 atom stereocenters. The van der Waals surface area contributed by atoms with E-state index in [1.807, 2.05) is 6.92 Å². The summed E-state index contributed by atoms with van der Waals surface area (Å²) in [6.07, 6.45) is 2.41. The SMILES string of the molecule is CCCC(C(=O)NCCCOC)C(N)=S. The van der Waals surface area contributed by atoms with Crippen LogP contribution in [-0.2, 0) is 9.53 Å². The van der Waals surface area contributed by atoms with Crippen molar-refractivity contribution < 1.29 is 9.53 Å². The van der Waals surface area contributed by atoms with E-state index in [1.54, 1.807) is 7.11 Å². The van der Waals surface area contributed by atoms with Gasteiger partial charge in [0.15, 0.2) is 0 Å². The summed E-state index contributed by atoms with van der Waals surface area (Å²) in [5.74, 6) is -0.395. The lowest BCUT2D eigenvalue weighted by Crippen LogP contribution is -2.38. The minimum absolute atomic E-state index is 0.0690. The van der Waals surface area contributed by atoms with Gasteiger partial charge in [0.2, 0.25) is 5.91 Å². The molecule has 3 N–H and O–H groups in total. The molecule has 0 heterocycles. The number of nitrogens with one attached hydrogen (secondary N) is 1. The Morgan fingerprint density at radius 1 is 1.60 bits per heavy atom. The molecule has 0 saturated heterocycles. The maximum Gasteiger partial charge on any atom is 0.229 e. The van der Waals surface area contributed by atoms with E-state index in [9.17, 15) is 4.79 Å². The van der Waals surface area contributed by atoms with Gasteiger partial charge in [0, 0.05) is 20.3 Å². The van der Waals surface area contributed by atoms with Crippen LogP contribution in [0.1, 0.15) is 26.2 Å². The number of carbonyl (C=O) groups excluding carboxylic acids is 1. The average molecular weight is 232 g/mol. The van der Waals surface area contributed by atoms with Gasteiger partial charge in [0.1, 0.15) is 0 Å². The highest BCUT2D eigenvalue weighted by molar-refractivity contribution is 7.80. The Morgan fingerprint density at radius 2 is 2.27 bits per heavy atom. The molecule has 15 heavy (non-hydrogen) atoms. The normalized spacial score (nSPS) is 12.1. The molecular weight excluding hydrogens is 212 g/mol. The van der Waals surface area contributed by atoms with Gasteiger partial charge < -0.3 is 15.8 Å². The summed E-state index contributed by atoms with van der Waals surface area (Å²) in [4.78, 5) is 11.9. The van der Waals surface area contributed by atoms with Crippen molar-refractivity contribution in [1.29, 1.82) is 0 Å². The molecule has 0 aromatic rings. The molecule has 1 amide bonds. The number of amides is 1. The third-order valence-corrected chi connectivity index (χ3v) is 2.35. The number of nitrogens with two attached hydrogens (primary N) is 1. The lowest BCUT2D eigenvalue weighted by Gasteiger charge is -2.14. The van der Waals surface area contributed by atoms with Gasteiger partial charge in [-0.25, -0.2) is 0 Å². The molecule has 0 aliphatic heterocycles. The van der Waals surface area contributed by atoms with E-state index in [0.29, 0.717) is 19.6 Å². The molecule has 0 fully saturated rings. The highest BCUT2D eigenvalue weighted by atomic mass is 32.1. The summed E-state index contributed by atoms with van der Waals surface area (Å²) in [5, 5.41) is 2.80. The number of methoxy groups -OCH3 is 1. The Kier molecular flexibility index (Phi) is 8.22. The molecule has 0 aliphatic rings. The van der Waals surface area contributed by atoms with Crippen LogP contribution in [0.5, 0.6) is 0 Å². The number of thiocarbonyl (C=S) groups is 1. The van der Waals surface area contributed by atoms with Crippen molar-refractivity contribution >= 4 is 23.1 Å². The molecule has 0 aliphatic carbocycles. The lowest BCUT2D eigenvalue weighted by atomic mass is 10.0. The molecule has 0 aromatic carbocycles. The van der Waals surface area contributed by atoms with E-state index >= 15 is 0 Å². The Morgan fingerprint density at radius 3 is 2.73 bits per heavy atom. The standard InChI is InChI=1S/C10H20N2O2S/c1-3-5-8(9(11)15)10(13)12-6-4-7-14-2/h8H,3-7H2,1-2H3,(H2,11,15)(H,12,13). The topological polar surface area (TPSA) is 64.3 Å². The van der Waals surface area contributed by atoms with Crippen LogP contribution in [0.25, 0.3) is 0 Å². The van der Waals surface area contributed by atoms with Crippen LogP contribution in [0.2, 0.25) is 0 Å². The molecule has 0 radical (unpaired) electrons. The van der Waals surface area contributed by atoms with E-state index in [4.69, 9.17) is 22.7 Å². The molecule has 88 valence electrons. The molecule has 0 saturated carbocycles. The number of rotatable bonds is 8. The quantitative estimate of drug-likeness (QED) is 0.481. The zero-order valence-corrected chi connectivity index (χ0v) is 10.2. The Labute approximate surface area is 96.5 Å². The second kappa shape index (κ2) is 8.61. The van der Waals surface area contributed by atoms with E-state index in [1.165, 1.54) is 0 Å². The van der Waals surface area contributed by atoms with Crippen molar-refractivity contribution in [1.82, 2.24) is 5.32 Å². The predicted molar refractivity (Wildman–Crippen MR) is 64.7 cm³/mol. The molecular formula is C10H20N2O2S. The number of hydrogen-bond acceptors (Lipinski definition) is 3. The smallest absolute Gasteiger partial charge is 0.229 e. The largest absolute Gasteiger partial charge is 0.393 e. The zero-order chi connectivity index (χ0) is 11.7. The molecule has 0 rings (SSSR count). The lowest BCUT2D eigenvalue weighted by molar-refractivity contribution is -0.123. The average Bonchev–Trinajstić information content (AvgIpc) is 2.20. The van der Waals surface area contributed by atoms with Crippen LogP contribution in [0.3, 0.4) is 0 Å². The third kappa shape index (κ3) is 6.41. The highest BCUT2D eigenvalue weighted by Gasteiger charge is 2.19. The van der Waals surface area contributed by atoms with Gasteiger partial charge in [-0.05, 0) is 12.8 Å². The molecule has 0 bridgehead atoms. The summed E-state index contributed by atoms with van der Waals surface area (Å²) in [6, 6.07) is 0. The van der Waals surface area contributed by atoms with Crippen molar-refractivity contribution in [3.05, 3.63) is 0 Å². The van der Waals surface area contributed by atoms with Gasteiger partial charge in [-0.15, -0.1) is 0 Å². The number of ether oxygens (including phenoxy) is 1. The Balaban J connectivity index is 3.87. The van der Waals surface area contributed by atoms with Gasteiger partial charge in [-0.3, -0.25) is 4.79 Å². The van der Waals surface area contributed by atoms with Crippen LogP contribution < -0.4 is 11.1 Å². The van der Waals surface area contributed by atoms with E-state index in [-0.39, 0.29) is 16.8 Å². The summed E-state index contributed by atoms with van der Waals surface area (Å²) in [7, 11) is 1.64. The molecule has 5 heteroatoms. The van der Waals surface area contributed by atoms with Gasteiger partial charge in [0.05, 0.1) is 10.9 Å². The number of carbonyl (C=O) groups is 1. The highest BCUT2D eigenvalue weighted by Crippen LogP contribution is 2.06. The van der Waals surface area contributed by atoms with Gasteiger partial charge in [-0.2, -0.15) is 0 Å². The fourth-order valence-corrected chi connectivity index (χ4v) is 1.47. The first-order valence-corrected chi connectivity index (χ1v) is 5.60. The first-order chi connectivity index (χ1) is 7.13. The van der Waals surface area contributed by atoms with Gasteiger partial charge in [0.25, 0.3) is 0 Å². The summed E-state index contributed by atoms with van der Waals surface area (Å²) in [5.41, 5.74) is 5.50. The second-order valence-corrected chi connectivity index (χ2v) is 3.85. The Hall–Kier alpha value is -0.680. The predicted octanol–water partition coefficient (Wildman–Crippen LogP) is 0.842. The van der Waals surface area contributed by atoms with Gasteiger partial charge in [-0.1, -0.05) is 25.6 Å². The van der Waals surface area contributed by atoms with E-state index in [2.05, 4.69) is 5.32 Å². The van der Waals surface area contributed by atoms with Crippen molar-refractivity contribution in [3.63, 3.8) is 0 Å². The minimum atomic E-state index is -0.326. The molecule has 0 aromatic heterocycles. The van der Waals surface area contributed by atoms with Crippen LogP contribution in [0, 0.1) is 5.92 Å². The van der Waals surface area contributed by atoms with Crippen molar-refractivity contribution in [2.75, 3.05) is 20.3 Å². The first-order valence-electron chi connectivity index (χ1n) is 5.19. The Bertz CT molecular complexity index is 210. The van der Waals surface area contributed by atoms with Crippen molar-refractivity contribution in [3.8, 4) is 0 Å². The van der Waals surface area contributed by atoms with E-state index < -0.39 is 0 Å². The maximum atomic E-state index is 11.6. The summed E-state index contributed by atoms with van der Waals surface area (Å²) < 4.78 is 4.88. The maximum absolute atomic E-state index is 11.6. The van der Waals surface area contributed by atoms with Crippen LogP contribution in [-0.4, -0.2) is 31.2 Å². The van der Waals surface area contributed by atoms with Crippen LogP contribution in [0.4, 0.5) is 0 Å². The van der Waals surface area contributed by atoms with E-state index in [0.717, 1.165) is 12.8 Å². The van der Waals surface area contributed by atoms with Crippen LogP contribution in [0.15, 0.2) is 0 Å². The first kappa shape index (κ1) is 14.3. The fourth-order valence-electron chi connectivity index (χ4n) is 1.24. The summed E-state index contributed by atoms with van der Waals surface area (Å²) >= 11 is 4.85. The van der Waals surface area contributed by atoms with Gasteiger partial charge >= 0.3 is 0 Å². The fraction of sp³-hybridized carbons (Fsp3) is 0.800. The number of hydrogen-bond donors (Lipinski definition) is 2. The minimum Gasteiger partial charge on any atom is -0.393 e. The monoisotopic (exact) mass is 232 g/mol. The zero-order valence-electron chi connectivity index (χ0n) is 9.41. The molecule has 4 nitrogen and oxygen atoms in total. The molecule has 0 spiro atoms. The van der Waals surface area contributed by atoms with Crippen molar-refractivity contribution in [2.45, 2.75) is 26.2 Å². The second-order valence-electron chi connectivity index (χ2n) is 3.38. The third-order valence-electron chi connectivity index (χ3n) is 2.06. The summed E-state index contributed by atoms with van der Waals surface area (Å²) in [6.45, 7) is 3.25. The van der Waals surface area contributed by atoms with Crippen molar-refractivity contribution in [2.24, 2.45) is 11.7 Å². The van der Waals surface area contributed by atoms with Crippen LogP contribution >= 0.6 is 12.2 Å². The molecule has 1 unspecified atom stereocenters.